The Morgan fingerprint density at radius 2 is 2.15 bits per heavy atom. The Labute approximate surface area is 131 Å². The molecular formula is C11H10ClF3INO3. The summed E-state index contributed by atoms with van der Waals surface area (Å²) in [6.07, 6.45) is -5.07. The van der Waals surface area contributed by atoms with Crippen molar-refractivity contribution in [3.8, 4) is 5.88 Å². The summed E-state index contributed by atoms with van der Waals surface area (Å²) >= 11 is 7.37. The molecule has 0 bridgehead atoms. The van der Waals surface area contributed by atoms with Gasteiger partial charge in [-0.25, -0.2) is 4.98 Å². The van der Waals surface area contributed by atoms with Gasteiger partial charge < -0.3 is 9.47 Å². The van der Waals surface area contributed by atoms with Gasteiger partial charge in [0.25, 0.3) is 0 Å². The average molecular weight is 424 g/mol. The zero-order valence-electron chi connectivity index (χ0n) is 10.3. The van der Waals surface area contributed by atoms with Crippen LogP contribution in [0.5, 0.6) is 5.88 Å². The van der Waals surface area contributed by atoms with Crippen molar-refractivity contribution in [3.05, 3.63) is 20.9 Å². The van der Waals surface area contributed by atoms with Crippen molar-refractivity contribution in [2.45, 2.75) is 25.6 Å². The van der Waals surface area contributed by atoms with E-state index in [1.54, 1.807) is 29.5 Å². The molecule has 1 aromatic rings. The molecule has 0 aromatic carbocycles. The van der Waals surface area contributed by atoms with Crippen molar-refractivity contribution in [3.63, 3.8) is 0 Å². The van der Waals surface area contributed by atoms with E-state index in [1.807, 2.05) is 0 Å². The monoisotopic (exact) mass is 423 g/mol. The molecule has 0 unspecified atom stereocenters. The van der Waals surface area contributed by atoms with Crippen LogP contribution in [0.2, 0.25) is 0 Å². The zero-order valence-corrected chi connectivity index (χ0v) is 13.2. The van der Waals surface area contributed by atoms with Crippen LogP contribution in [0.4, 0.5) is 13.2 Å². The van der Waals surface area contributed by atoms with Gasteiger partial charge >= 0.3 is 12.3 Å². The predicted octanol–water partition coefficient (Wildman–Crippen LogP) is 3.43. The minimum absolute atomic E-state index is 0.0254. The topological polar surface area (TPSA) is 48.4 Å². The zero-order chi connectivity index (χ0) is 15.3. The van der Waals surface area contributed by atoms with Crippen molar-refractivity contribution in [2.75, 3.05) is 6.61 Å². The number of ether oxygens (including phenoxy) is 2. The Bertz CT molecular complexity index is 497. The van der Waals surface area contributed by atoms with E-state index in [4.69, 9.17) is 16.3 Å². The fourth-order valence-corrected chi connectivity index (χ4v) is 2.31. The minimum Gasteiger partial charge on any atom is -0.466 e. The first-order valence-electron chi connectivity index (χ1n) is 5.42. The maximum Gasteiger partial charge on any atom is 0.574 e. The molecule has 9 heteroatoms. The lowest BCUT2D eigenvalue weighted by Crippen LogP contribution is -2.20. The largest absolute Gasteiger partial charge is 0.574 e. The molecule has 0 radical (unpaired) electrons. The summed E-state index contributed by atoms with van der Waals surface area (Å²) in [5, 5.41) is 0. The van der Waals surface area contributed by atoms with Gasteiger partial charge in [0.1, 0.15) is 3.70 Å². The molecule has 0 aliphatic heterocycles. The molecule has 20 heavy (non-hydrogen) atoms. The number of carbonyl (C=O) groups is 1. The van der Waals surface area contributed by atoms with Gasteiger partial charge in [-0.05, 0) is 41.1 Å². The van der Waals surface area contributed by atoms with Crippen LogP contribution in [-0.4, -0.2) is 23.9 Å². The van der Waals surface area contributed by atoms with Gasteiger partial charge in [0.05, 0.1) is 18.9 Å². The van der Waals surface area contributed by atoms with E-state index >= 15 is 0 Å². The van der Waals surface area contributed by atoms with Gasteiger partial charge in [0, 0.05) is 5.56 Å². The van der Waals surface area contributed by atoms with E-state index < -0.39 is 18.2 Å². The number of rotatable bonds is 5. The normalized spacial score (nSPS) is 11.3. The van der Waals surface area contributed by atoms with E-state index in [0.717, 1.165) is 0 Å². The van der Waals surface area contributed by atoms with E-state index in [-0.39, 0.29) is 28.2 Å². The van der Waals surface area contributed by atoms with Crippen LogP contribution in [0.3, 0.4) is 0 Å². The molecule has 4 nitrogen and oxygen atoms in total. The second kappa shape index (κ2) is 7.30. The molecule has 0 saturated heterocycles. The van der Waals surface area contributed by atoms with Gasteiger partial charge in [-0.1, -0.05) is 0 Å². The van der Waals surface area contributed by atoms with Crippen LogP contribution in [0.1, 0.15) is 18.1 Å². The summed E-state index contributed by atoms with van der Waals surface area (Å²) in [5.41, 5.74) is 0.328. The Kier molecular flexibility index (Phi) is 6.31. The molecule has 0 amide bonds. The van der Waals surface area contributed by atoms with Crippen LogP contribution >= 0.6 is 34.2 Å². The maximum atomic E-state index is 12.3. The van der Waals surface area contributed by atoms with Crippen LogP contribution in [0.25, 0.3) is 0 Å². The Morgan fingerprint density at radius 1 is 1.50 bits per heavy atom. The predicted molar refractivity (Wildman–Crippen MR) is 73.5 cm³/mol. The summed E-state index contributed by atoms with van der Waals surface area (Å²) in [4.78, 5) is 15.1. The highest BCUT2D eigenvalue weighted by molar-refractivity contribution is 14.1. The Hall–Kier alpha value is -0.770. The molecule has 0 fully saturated rings. The van der Waals surface area contributed by atoms with Crippen molar-refractivity contribution in [1.29, 1.82) is 0 Å². The fourth-order valence-electron chi connectivity index (χ4n) is 1.43. The van der Waals surface area contributed by atoms with Crippen molar-refractivity contribution < 1.29 is 27.4 Å². The second-order valence-electron chi connectivity index (χ2n) is 3.55. The summed E-state index contributed by atoms with van der Waals surface area (Å²) < 4.78 is 45.8. The molecule has 1 aromatic heterocycles. The van der Waals surface area contributed by atoms with Gasteiger partial charge in [0.2, 0.25) is 5.88 Å². The summed E-state index contributed by atoms with van der Waals surface area (Å²) in [5.74, 6) is -1.46. The standard InChI is InChI=1S/C11H10ClF3INO3/c1-2-19-9(18)4-6-3-8(16)17-10(7(6)5-12)20-11(13,14)15/h3H,2,4-5H2,1H3. The van der Waals surface area contributed by atoms with Crippen molar-refractivity contribution in [2.24, 2.45) is 0 Å². The smallest absolute Gasteiger partial charge is 0.466 e. The molecule has 1 heterocycles. The number of carbonyl (C=O) groups excluding carboxylic acids is 1. The second-order valence-corrected chi connectivity index (χ2v) is 4.92. The quantitative estimate of drug-likeness (QED) is 0.315. The molecule has 0 atom stereocenters. The summed E-state index contributed by atoms with van der Waals surface area (Å²) in [6, 6.07) is 1.47. The third-order valence-electron chi connectivity index (χ3n) is 2.13. The van der Waals surface area contributed by atoms with Crippen LogP contribution < -0.4 is 4.74 Å². The van der Waals surface area contributed by atoms with Crippen molar-refractivity contribution >= 4 is 40.2 Å². The maximum absolute atomic E-state index is 12.3. The third kappa shape index (κ3) is 5.31. The van der Waals surface area contributed by atoms with E-state index in [2.05, 4.69) is 9.72 Å². The summed E-state index contributed by atoms with van der Waals surface area (Å²) in [6.45, 7) is 1.82. The summed E-state index contributed by atoms with van der Waals surface area (Å²) in [7, 11) is 0. The number of hydrogen-bond acceptors (Lipinski definition) is 4. The van der Waals surface area contributed by atoms with Crippen molar-refractivity contribution in [1.82, 2.24) is 4.98 Å². The van der Waals surface area contributed by atoms with Gasteiger partial charge in [-0.3, -0.25) is 4.79 Å². The Morgan fingerprint density at radius 3 is 2.65 bits per heavy atom. The molecule has 0 saturated carbocycles. The number of aromatic nitrogens is 1. The number of esters is 1. The molecule has 0 spiro atoms. The van der Waals surface area contributed by atoms with Crippen LogP contribution in [0.15, 0.2) is 6.07 Å². The number of halogens is 5. The van der Waals surface area contributed by atoms with E-state index in [0.29, 0.717) is 5.56 Å². The van der Waals surface area contributed by atoms with Gasteiger partial charge in [-0.15, -0.1) is 24.8 Å². The molecule has 0 N–H and O–H groups in total. The lowest BCUT2D eigenvalue weighted by atomic mass is 10.1. The highest BCUT2D eigenvalue weighted by atomic mass is 127. The number of pyridine rings is 1. The van der Waals surface area contributed by atoms with Crippen LogP contribution in [-0.2, 0) is 21.8 Å². The number of alkyl halides is 4. The first-order chi connectivity index (χ1) is 9.26. The lowest BCUT2D eigenvalue weighted by Gasteiger charge is -2.14. The van der Waals surface area contributed by atoms with Crippen LogP contribution in [0, 0.1) is 3.70 Å². The highest BCUT2D eigenvalue weighted by Gasteiger charge is 2.33. The molecule has 0 aliphatic carbocycles. The van der Waals surface area contributed by atoms with Gasteiger partial charge in [0.15, 0.2) is 0 Å². The minimum atomic E-state index is -4.88. The first-order valence-corrected chi connectivity index (χ1v) is 7.03. The lowest BCUT2D eigenvalue weighted by molar-refractivity contribution is -0.276. The van der Waals surface area contributed by atoms with E-state index in [9.17, 15) is 18.0 Å². The Balaban J connectivity index is 3.13. The third-order valence-corrected chi connectivity index (χ3v) is 2.95. The average Bonchev–Trinajstić information content (AvgIpc) is 2.26. The fraction of sp³-hybridized carbons (Fsp3) is 0.455. The SMILES string of the molecule is CCOC(=O)Cc1cc(I)nc(OC(F)(F)F)c1CCl. The highest BCUT2D eigenvalue weighted by Crippen LogP contribution is 2.29. The molecular weight excluding hydrogens is 413 g/mol. The molecule has 1 rings (SSSR count). The molecule has 112 valence electrons. The first kappa shape index (κ1) is 17.3. The number of nitrogens with zero attached hydrogens (tertiary/aromatic N) is 1. The molecule has 0 aliphatic rings. The van der Waals surface area contributed by atoms with Gasteiger partial charge in [-0.2, -0.15) is 0 Å². The van der Waals surface area contributed by atoms with E-state index in [1.165, 1.54) is 6.07 Å². The number of hydrogen-bond donors (Lipinski definition) is 0.